The molecule has 0 radical (unpaired) electrons. The van der Waals surface area contributed by atoms with E-state index in [1.54, 1.807) is 36.7 Å². The lowest BCUT2D eigenvalue weighted by atomic mass is 10.3. The fourth-order valence-corrected chi connectivity index (χ4v) is 4.01. The standard InChI is InChI=1S/C17H15ClN4O2S2/c1-10(15(24)21-16-13(14(19)23)6-9-25-16)26-17-20-7-8-22(17)12-4-2-11(18)3-5-12/h2-10H,1H3,(H2,19,23)(H,21,24)/t10-/m1/s1. The van der Waals surface area contributed by atoms with E-state index in [9.17, 15) is 9.59 Å². The Morgan fingerprint density at radius 2 is 2.04 bits per heavy atom. The highest BCUT2D eigenvalue weighted by Gasteiger charge is 2.20. The van der Waals surface area contributed by atoms with E-state index in [2.05, 4.69) is 10.3 Å². The van der Waals surface area contributed by atoms with Crippen LogP contribution in [-0.2, 0) is 4.79 Å². The molecule has 2 amide bonds. The first kappa shape index (κ1) is 18.5. The summed E-state index contributed by atoms with van der Waals surface area (Å²) in [5.41, 5.74) is 6.51. The van der Waals surface area contributed by atoms with E-state index in [1.165, 1.54) is 23.1 Å². The minimum absolute atomic E-state index is 0.231. The van der Waals surface area contributed by atoms with Crippen LogP contribution < -0.4 is 11.1 Å². The molecule has 3 rings (SSSR count). The molecule has 0 spiro atoms. The van der Waals surface area contributed by atoms with Gasteiger partial charge < -0.3 is 11.1 Å². The summed E-state index contributed by atoms with van der Waals surface area (Å²) in [6, 6.07) is 8.94. The van der Waals surface area contributed by atoms with Crippen molar-refractivity contribution < 1.29 is 9.59 Å². The third-order valence-electron chi connectivity index (χ3n) is 3.53. The summed E-state index contributed by atoms with van der Waals surface area (Å²) in [6.45, 7) is 1.78. The van der Waals surface area contributed by atoms with Crippen molar-refractivity contribution in [3.05, 3.63) is 58.7 Å². The van der Waals surface area contributed by atoms with Crippen molar-refractivity contribution in [1.82, 2.24) is 9.55 Å². The molecule has 0 aliphatic carbocycles. The number of rotatable bonds is 6. The van der Waals surface area contributed by atoms with E-state index in [1.807, 2.05) is 22.9 Å². The Morgan fingerprint density at radius 3 is 2.73 bits per heavy atom. The molecule has 1 aromatic carbocycles. The highest BCUT2D eigenvalue weighted by atomic mass is 35.5. The van der Waals surface area contributed by atoms with Crippen LogP contribution >= 0.6 is 34.7 Å². The average molecular weight is 407 g/mol. The van der Waals surface area contributed by atoms with Gasteiger partial charge in [0.2, 0.25) is 5.91 Å². The molecule has 0 saturated carbocycles. The molecular formula is C17H15ClN4O2S2. The van der Waals surface area contributed by atoms with Gasteiger partial charge >= 0.3 is 0 Å². The second-order valence-electron chi connectivity index (χ2n) is 5.33. The predicted octanol–water partition coefficient (Wildman–Crippen LogP) is 3.81. The van der Waals surface area contributed by atoms with Gasteiger partial charge in [0, 0.05) is 23.1 Å². The molecule has 1 atom stereocenters. The number of halogens is 1. The topological polar surface area (TPSA) is 90.0 Å². The highest BCUT2D eigenvalue weighted by molar-refractivity contribution is 8.00. The van der Waals surface area contributed by atoms with Crippen molar-refractivity contribution in [3.63, 3.8) is 0 Å². The van der Waals surface area contributed by atoms with Gasteiger partial charge in [-0.05, 0) is 42.6 Å². The fourth-order valence-electron chi connectivity index (χ4n) is 2.20. The maximum atomic E-state index is 12.5. The summed E-state index contributed by atoms with van der Waals surface area (Å²) in [5.74, 6) is -0.800. The van der Waals surface area contributed by atoms with Gasteiger partial charge in [-0.2, -0.15) is 0 Å². The zero-order valence-electron chi connectivity index (χ0n) is 13.7. The average Bonchev–Trinajstić information content (AvgIpc) is 3.25. The Hall–Kier alpha value is -2.29. The first-order chi connectivity index (χ1) is 12.5. The number of thiophene rings is 1. The maximum absolute atomic E-state index is 12.5. The van der Waals surface area contributed by atoms with Crippen molar-refractivity contribution in [1.29, 1.82) is 0 Å². The summed E-state index contributed by atoms with van der Waals surface area (Å²) in [5, 5.41) is 5.82. The fraction of sp³-hybridized carbons (Fsp3) is 0.118. The number of aromatic nitrogens is 2. The molecule has 6 nitrogen and oxygen atoms in total. The van der Waals surface area contributed by atoms with Gasteiger partial charge in [-0.25, -0.2) is 4.98 Å². The number of nitrogens with two attached hydrogens (primary N) is 1. The summed E-state index contributed by atoms with van der Waals surface area (Å²) in [6.07, 6.45) is 3.49. The molecule has 0 unspecified atom stereocenters. The van der Waals surface area contributed by atoms with Crippen LogP contribution in [0.15, 0.2) is 53.3 Å². The SMILES string of the molecule is C[C@@H](Sc1nccn1-c1ccc(Cl)cc1)C(=O)Nc1sccc1C(N)=O. The molecule has 9 heteroatoms. The van der Waals surface area contributed by atoms with Crippen LogP contribution in [0.3, 0.4) is 0 Å². The Bertz CT molecular complexity index is 936. The van der Waals surface area contributed by atoms with Crippen LogP contribution in [0.1, 0.15) is 17.3 Å². The number of imidazole rings is 1. The lowest BCUT2D eigenvalue weighted by molar-refractivity contribution is -0.115. The number of thioether (sulfide) groups is 1. The van der Waals surface area contributed by atoms with E-state index in [0.29, 0.717) is 20.7 Å². The van der Waals surface area contributed by atoms with E-state index in [4.69, 9.17) is 17.3 Å². The molecule has 2 heterocycles. The molecule has 3 aromatic rings. The Kier molecular flexibility index (Phi) is 5.65. The van der Waals surface area contributed by atoms with Crippen LogP contribution in [0.2, 0.25) is 5.02 Å². The Balaban J connectivity index is 1.72. The monoisotopic (exact) mass is 406 g/mol. The number of carbonyl (C=O) groups is 2. The van der Waals surface area contributed by atoms with Crippen molar-refractivity contribution in [2.45, 2.75) is 17.3 Å². The van der Waals surface area contributed by atoms with Crippen molar-refractivity contribution in [3.8, 4) is 5.69 Å². The van der Waals surface area contributed by atoms with E-state index in [0.717, 1.165) is 5.69 Å². The maximum Gasteiger partial charge on any atom is 0.251 e. The molecule has 134 valence electrons. The number of anilines is 1. The zero-order chi connectivity index (χ0) is 18.7. The molecule has 0 aliphatic rings. The van der Waals surface area contributed by atoms with Gasteiger partial charge in [0.05, 0.1) is 10.8 Å². The molecule has 0 aliphatic heterocycles. The second kappa shape index (κ2) is 7.94. The lowest BCUT2D eigenvalue weighted by Crippen LogP contribution is -2.24. The van der Waals surface area contributed by atoms with Gasteiger partial charge in [0.15, 0.2) is 5.16 Å². The Labute approximate surface area is 163 Å². The van der Waals surface area contributed by atoms with Crippen molar-refractivity contribution >= 4 is 51.5 Å². The molecule has 0 fully saturated rings. The Morgan fingerprint density at radius 1 is 1.31 bits per heavy atom. The quantitative estimate of drug-likeness (QED) is 0.609. The number of benzene rings is 1. The van der Waals surface area contributed by atoms with Crippen molar-refractivity contribution in [2.24, 2.45) is 5.73 Å². The number of nitrogens with zero attached hydrogens (tertiary/aromatic N) is 2. The van der Waals surface area contributed by atoms with Gasteiger partial charge in [0.25, 0.3) is 5.91 Å². The van der Waals surface area contributed by atoms with Crippen molar-refractivity contribution in [2.75, 3.05) is 5.32 Å². The lowest BCUT2D eigenvalue weighted by Gasteiger charge is -2.13. The first-order valence-electron chi connectivity index (χ1n) is 7.60. The largest absolute Gasteiger partial charge is 0.366 e. The number of primary amides is 1. The zero-order valence-corrected chi connectivity index (χ0v) is 16.1. The number of hydrogen-bond donors (Lipinski definition) is 2. The van der Waals surface area contributed by atoms with Gasteiger partial charge in [-0.1, -0.05) is 23.4 Å². The summed E-state index contributed by atoms with van der Waals surface area (Å²) in [7, 11) is 0. The normalized spacial score (nSPS) is 11.9. The number of amides is 2. The molecule has 0 saturated heterocycles. The minimum atomic E-state index is -0.569. The highest BCUT2D eigenvalue weighted by Crippen LogP contribution is 2.28. The molecule has 3 N–H and O–H groups in total. The number of hydrogen-bond acceptors (Lipinski definition) is 5. The van der Waals surface area contributed by atoms with E-state index >= 15 is 0 Å². The van der Waals surface area contributed by atoms with E-state index < -0.39 is 11.2 Å². The van der Waals surface area contributed by atoms with Crippen LogP contribution in [0.5, 0.6) is 0 Å². The van der Waals surface area contributed by atoms with E-state index in [-0.39, 0.29) is 5.91 Å². The van der Waals surface area contributed by atoms with Crippen LogP contribution in [-0.4, -0.2) is 26.6 Å². The first-order valence-corrected chi connectivity index (χ1v) is 9.73. The number of carbonyl (C=O) groups excluding carboxylic acids is 2. The molecule has 2 aromatic heterocycles. The van der Waals surface area contributed by atoms with Crippen LogP contribution in [0, 0.1) is 0 Å². The van der Waals surface area contributed by atoms with Crippen LogP contribution in [0.25, 0.3) is 5.69 Å². The summed E-state index contributed by atoms with van der Waals surface area (Å²) in [4.78, 5) is 28.2. The minimum Gasteiger partial charge on any atom is -0.366 e. The smallest absolute Gasteiger partial charge is 0.251 e. The number of nitrogens with one attached hydrogen (secondary N) is 1. The summed E-state index contributed by atoms with van der Waals surface area (Å²) >= 11 is 8.50. The van der Waals surface area contributed by atoms with Crippen LogP contribution in [0.4, 0.5) is 5.00 Å². The van der Waals surface area contributed by atoms with Gasteiger partial charge in [-0.3, -0.25) is 14.2 Å². The second-order valence-corrected chi connectivity index (χ2v) is 7.99. The molecular weight excluding hydrogens is 392 g/mol. The third-order valence-corrected chi connectivity index (χ3v) is 5.69. The molecule has 26 heavy (non-hydrogen) atoms. The molecule has 0 bridgehead atoms. The predicted molar refractivity (Wildman–Crippen MR) is 105 cm³/mol. The van der Waals surface area contributed by atoms with Gasteiger partial charge in [0.1, 0.15) is 5.00 Å². The summed E-state index contributed by atoms with van der Waals surface area (Å²) < 4.78 is 1.88. The third kappa shape index (κ3) is 4.09. The van der Waals surface area contributed by atoms with Gasteiger partial charge in [-0.15, -0.1) is 11.3 Å².